The molecular weight excluding hydrogens is 340 g/mol. The molecule has 0 aromatic heterocycles. The van der Waals surface area contributed by atoms with Crippen molar-refractivity contribution in [3.05, 3.63) is 41.2 Å². The van der Waals surface area contributed by atoms with Gasteiger partial charge < -0.3 is 14.8 Å². The molecule has 1 aromatic rings. The van der Waals surface area contributed by atoms with Gasteiger partial charge in [0.1, 0.15) is 23.0 Å². The lowest BCUT2D eigenvalue weighted by atomic mass is 9.71. The monoisotopic (exact) mass is 365 g/mol. The fraction of sp³-hybridized carbons (Fsp3) is 0.550. The number of nitrogens with one attached hydrogen (secondary N) is 1. The number of anilines is 1. The smallest absolute Gasteiger partial charge is 0.189 e. The standard InChI is InChI=1S/C20H25F2NO3/c1-4-5-13-10-20(19(9-18(13)24)25-11-26-20)12(2)6-14-7-16(22)17(23-3)8-15(14)21/h7-9,12-13,23H,4-6,10-11H2,1-3H3. The zero-order valence-electron chi connectivity index (χ0n) is 15.4. The molecule has 1 fully saturated rings. The van der Waals surface area contributed by atoms with Gasteiger partial charge in [0.25, 0.3) is 0 Å². The van der Waals surface area contributed by atoms with Gasteiger partial charge in [0.15, 0.2) is 12.6 Å². The highest BCUT2D eigenvalue weighted by Gasteiger charge is 2.51. The molecule has 1 heterocycles. The van der Waals surface area contributed by atoms with Crippen LogP contribution in [0.25, 0.3) is 0 Å². The largest absolute Gasteiger partial charge is 0.469 e. The number of carbonyl (C=O) groups excluding carboxylic acids is 1. The minimum atomic E-state index is -0.752. The number of hydrogen-bond donors (Lipinski definition) is 1. The molecule has 2 aliphatic rings. The minimum absolute atomic E-state index is 0.0609. The van der Waals surface area contributed by atoms with Crippen molar-refractivity contribution < 1.29 is 23.0 Å². The Hall–Kier alpha value is -1.95. The zero-order valence-corrected chi connectivity index (χ0v) is 15.4. The van der Waals surface area contributed by atoms with Crippen LogP contribution in [-0.2, 0) is 20.7 Å². The third-order valence-electron chi connectivity index (χ3n) is 5.54. The number of ether oxygens (including phenoxy) is 2. The van der Waals surface area contributed by atoms with Crippen molar-refractivity contribution in [2.45, 2.75) is 45.1 Å². The maximum atomic E-state index is 14.4. The molecule has 1 aliphatic carbocycles. The highest BCUT2D eigenvalue weighted by Crippen LogP contribution is 2.46. The highest BCUT2D eigenvalue weighted by atomic mass is 19.1. The maximum Gasteiger partial charge on any atom is 0.189 e. The van der Waals surface area contributed by atoms with Crippen LogP contribution in [0.4, 0.5) is 14.5 Å². The average molecular weight is 365 g/mol. The van der Waals surface area contributed by atoms with Crippen LogP contribution in [0.1, 0.15) is 38.7 Å². The lowest BCUT2D eigenvalue weighted by molar-refractivity contribution is -0.123. The summed E-state index contributed by atoms with van der Waals surface area (Å²) in [5.74, 6) is -0.656. The summed E-state index contributed by atoms with van der Waals surface area (Å²) in [6.45, 7) is 4.05. The van der Waals surface area contributed by atoms with Gasteiger partial charge in [-0.2, -0.15) is 0 Å². The SMILES string of the molecule is CCCC1CC2(C(C)Cc3cc(F)c(NC)cc3F)OCOC2=CC1=O. The number of rotatable bonds is 6. The van der Waals surface area contributed by atoms with Gasteiger partial charge in [-0.25, -0.2) is 8.78 Å². The lowest BCUT2D eigenvalue weighted by Crippen LogP contribution is -2.45. The van der Waals surface area contributed by atoms with E-state index in [0.29, 0.717) is 24.2 Å². The summed E-state index contributed by atoms with van der Waals surface area (Å²) in [6.07, 6.45) is 4.02. The molecule has 0 saturated carbocycles. The number of halogens is 2. The van der Waals surface area contributed by atoms with E-state index in [2.05, 4.69) is 5.32 Å². The normalized spacial score (nSPS) is 26.1. The van der Waals surface area contributed by atoms with Gasteiger partial charge in [-0.15, -0.1) is 0 Å². The Kier molecular flexibility index (Phi) is 5.32. The van der Waals surface area contributed by atoms with Crippen LogP contribution in [-0.4, -0.2) is 25.2 Å². The molecule has 3 atom stereocenters. The Labute approximate surface area is 152 Å². The van der Waals surface area contributed by atoms with E-state index in [4.69, 9.17) is 9.47 Å². The summed E-state index contributed by atoms with van der Waals surface area (Å²) >= 11 is 0. The molecule has 0 amide bonds. The third-order valence-corrected chi connectivity index (χ3v) is 5.54. The van der Waals surface area contributed by atoms with Crippen molar-refractivity contribution in [1.82, 2.24) is 0 Å². The topological polar surface area (TPSA) is 47.6 Å². The summed E-state index contributed by atoms with van der Waals surface area (Å²) < 4.78 is 40.0. The molecule has 142 valence electrons. The molecule has 0 spiro atoms. The second kappa shape index (κ2) is 7.35. The first kappa shape index (κ1) is 18.8. The van der Waals surface area contributed by atoms with Crippen LogP contribution in [0.3, 0.4) is 0 Å². The third kappa shape index (κ3) is 3.22. The number of benzene rings is 1. The Morgan fingerprint density at radius 3 is 2.81 bits per heavy atom. The summed E-state index contributed by atoms with van der Waals surface area (Å²) in [5.41, 5.74) is -0.329. The fourth-order valence-corrected chi connectivity index (χ4v) is 4.04. The molecule has 4 nitrogen and oxygen atoms in total. The summed E-state index contributed by atoms with van der Waals surface area (Å²) in [5, 5.41) is 2.63. The summed E-state index contributed by atoms with van der Waals surface area (Å²) in [7, 11) is 1.55. The molecule has 1 saturated heterocycles. The first-order valence-electron chi connectivity index (χ1n) is 9.09. The van der Waals surface area contributed by atoms with Crippen LogP contribution in [0.15, 0.2) is 24.0 Å². The molecule has 3 rings (SSSR count). The first-order chi connectivity index (χ1) is 12.4. The molecule has 3 unspecified atom stereocenters. The summed E-state index contributed by atoms with van der Waals surface area (Å²) in [6, 6.07) is 2.40. The van der Waals surface area contributed by atoms with E-state index in [-0.39, 0.29) is 30.1 Å². The second-order valence-electron chi connectivity index (χ2n) is 7.18. The van der Waals surface area contributed by atoms with Gasteiger partial charge in [-0.05, 0) is 36.8 Å². The predicted octanol–water partition coefficient (Wildman–Crippen LogP) is 4.20. The van der Waals surface area contributed by atoms with Crippen LogP contribution < -0.4 is 5.32 Å². The number of carbonyl (C=O) groups is 1. The minimum Gasteiger partial charge on any atom is -0.469 e. The van der Waals surface area contributed by atoms with Crippen LogP contribution in [0.5, 0.6) is 0 Å². The summed E-state index contributed by atoms with van der Waals surface area (Å²) in [4.78, 5) is 12.3. The van der Waals surface area contributed by atoms with E-state index in [1.807, 2.05) is 13.8 Å². The average Bonchev–Trinajstić information content (AvgIpc) is 3.02. The van der Waals surface area contributed by atoms with E-state index in [0.717, 1.165) is 12.8 Å². The van der Waals surface area contributed by atoms with Gasteiger partial charge in [0, 0.05) is 25.1 Å². The fourth-order valence-electron chi connectivity index (χ4n) is 4.04. The van der Waals surface area contributed by atoms with E-state index in [1.165, 1.54) is 18.2 Å². The Balaban J connectivity index is 1.88. The van der Waals surface area contributed by atoms with Crippen LogP contribution >= 0.6 is 0 Å². The van der Waals surface area contributed by atoms with Gasteiger partial charge in [-0.1, -0.05) is 20.3 Å². The molecule has 6 heteroatoms. The van der Waals surface area contributed by atoms with Crippen molar-refractivity contribution in [2.75, 3.05) is 19.2 Å². The molecule has 0 radical (unpaired) electrons. The Morgan fingerprint density at radius 1 is 1.35 bits per heavy atom. The van der Waals surface area contributed by atoms with Gasteiger partial charge >= 0.3 is 0 Å². The molecule has 0 bridgehead atoms. The first-order valence-corrected chi connectivity index (χ1v) is 9.09. The number of fused-ring (bicyclic) bond motifs is 1. The quantitative estimate of drug-likeness (QED) is 0.821. The van der Waals surface area contributed by atoms with Gasteiger partial charge in [0.2, 0.25) is 0 Å². The van der Waals surface area contributed by atoms with Crippen LogP contribution in [0, 0.1) is 23.5 Å². The van der Waals surface area contributed by atoms with Crippen molar-refractivity contribution in [3.63, 3.8) is 0 Å². The van der Waals surface area contributed by atoms with E-state index < -0.39 is 17.2 Å². The number of hydrogen-bond acceptors (Lipinski definition) is 4. The Bertz CT molecular complexity index is 734. The zero-order chi connectivity index (χ0) is 18.9. The van der Waals surface area contributed by atoms with E-state index in [9.17, 15) is 13.6 Å². The van der Waals surface area contributed by atoms with Crippen molar-refractivity contribution in [1.29, 1.82) is 0 Å². The van der Waals surface area contributed by atoms with E-state index in [1.54, 1.807) is 7.05 Å². The molecule has 1 aromatic carbocycles. The van der Waals surface area contributed by atoms with Crippen LogP contribution in [0.2, 0.25) is 0 Å². The van der Waals surface area contributed by atoms with Crippen molar-refractivity contribution >= 4 is 11.5 Å². The van der Waals surface area contributed by atoms with Crippen molar-refractivity contribution in [2.24, 2.45) is 11.8 Å². The number of ketones is 1. The Morgan fingerprint density at radius 2 is 2.12 bits per heavy atom. The maximum absolute atomic E-state index is 14.4. The highest BCUT2D eigenvalue weighted by molar-refractivity contribution is 5.93. The van der Waals surface area contributed by atoms with E-state index >= 15 is 0 Å². The number of allylic oxidation sites excluding steroid dienone is 1. The van der Waals surface area contributed by atoms with Crippen molar-refractivity contribution in [3.8, 4) is 0 Å². The molecular formula is C20H25F2NO3. The molecule has 26 heavy (non-hydrogen) atoms. The lowest BCUT2D eigenvalue weighted by Gasteiger charge is -2.38. The molecule has 1 N–H and O–H groups in total. The predicted molar refractivity (Wildman–Crippen MR) is 94.6 cm³/mol. The second-order valence-corrected chi connectivity index (χ2v) is 7.18. The van der Waals surface area contributed by atoms with Gasteiger partial charge in [0.05, 0.1) is 5.69 Å². The molecule has 1 aliphatic heterocycles. The van der Waals surface area contributed by atoms with Gasteiger partial charge in [-0.3, -0.25) is 4.79 Å².